The van der Waals surface area contributed by atoms with Crippen molar-refractivity contribution in [1.82, 2.24) is 10.2 Å². The molecule has 1 N–H and O–H groups in total. The Morgan fingerprint density at radius 3 is 2.33 bits per heavy atom. The van der Waals surface area contributed by atoms with E-state index in [1.54, 1.807) is 21.3 Å². The SMILES string of the molecule is COc1ccc(CC2c3cc(OCCC(C)C)c(OC)cc3CCN2CC(=O)NCc2ccccc2)cc1OC. The number of hydrogen-bond donors (Lipinski definition) is 1. The lowest BCUT2D eigenvalue weighted by atomic mass is 9.88. The van der Waals surface area contributed by atoms with Gasteiger partial charge in [-0.15, -0.1) is 0 Å². The lowest BCUT2D eigenvalue weighted by molar-refractivity contribution is -0.123. The van der Waals surface area contributed by atoms with Crippen molar-refractivity contribution in [2.24, 2.45) is 5.92 Å². The molecular formula is C33H42N2O5. The first-order valence-electron chi connectivity index (χ1n) is 14.0. The second-order valence-electron chi connectivity index (χ2n) is 10.6. The zero-order valence-electron chi connectivity index (χ0n) is 24.4. The third-order valence-electron chi connectivity index (χ3n) is 7.40. The molecule has 1 heterocycles. The van der Waals surface area contributed by atoms with Crippen LogP contribution in [-0.4, -0.2) is 51.8 Å². The molecule has 3 aromatic carbocycles. The summed E-state index contributed by atoms with van der Waals surface area (Å²) in [7, 11) is 4.97. The molecule has 40 heavy (non-hydrogen) atoms. The Labute approximate surface area is 238 Å². The van der Waals surface area contributed by atoms with Crippen LogP contribution in [0.2, 0.25) is 0 Å². The van der Waals surface area contributed by atoms with Crippen LogP contribution in [0, 0.1) is 5.92 Å². The van der Waals surface area contributed by atoms with E-state index in [-0.39, 0.29) is 11.9 Å². The highest BCUT2D eigenvalue weighted by Gasteiger charge is 2.31. The molecule has 0 aliphatic carbocycles. The standard InChI is InChI=1S/C33H42N2O5/c1-23(2)14-16-40-32-20-27-26(19-31(32)39-5)13-15-35(22-33(36)34-21-24-9-7-6-8-10-24)28(27)17-25-11-12-29(37-3)30(18-25)38-4/h6-12,18-20,23,28H,13-17,21-22H2,1-5H3,(H,34,36). The van der Waals surface area contributed by atoms with Gasteiger partial charge in [0.2, 0.25) is 5.91 Å². The van der Waals surface area contributed by atoms with Crippen molar-refractivity contribution in [1.29, 1.82) is 0 Å². The molecule has 0 fully saturated rings. The minimum Gasteiger partial charge on any atom is -0.493 e. The lowest BCUT2D eigenvalue weighted by Crippen LogP contribution is -2.43. The number of carbonyl (C=O) groups is 1. The smallest absolute Gasteiger partial charge is 0.234 e. The number of carbonyl (C=O) groups excluding carboxylic acids is 1. The molecule has 1 unspecified atom stereocenters. The Kier molecular flexibility index (Phi) is 10.3. The van der Waals surface area contributed by atoms with Crippen molar-refractivity contribution >= 4 is 5.91 Å². The van der Waals surface area contributed by atoms with Crippen LogP contribution < -0.4 is 24.3 Å². The molecule has 3 aromatic rings. The third kappa shape index (κ3) is 7.48. The van der Waals surface area contributed by atoms with E-state index < -0.39 is 0 Å². The predicted octanol–water partition coefficient (Wildman–Crippen LogP) is 5.60. The molecule has 0 radical (unpaired) electrons. The van der Waals surface area contributed by atoms with Crippen molar-refractivity contribution in [2.45, 2.75) is 45.7 Å². The summed E-state index contributed by atoms with van der Waals surface area (Å²) in [6.07, 6.45) is 2.49. The molecular weight excluding hydrogens is 504 g/mol. The fourth-order valence-electron chi connectivity index (χ4n) is 5.13. The number of methoxy groups -OCH3 is 3. The van der Waals surface area contributed by atoms with Gasteiger partial charge < -0.3 is 24.3 Å². The topological polar surface area (TPSA) is 69.3 Å². The maximum Gasteiger partial charge on any atom is 0.234 e. The van der Waals surface area contributed by atoms with E-state index in [1.165, 1.54) is 5.56 Å². The van der Waals surface area contributed by atoms with Crippen LogP contribution in [0.5, 0.6) is 23.0 Å². The summed E-state index contributed by atoms with van der Waals surface area (Å²) in [6.45, 7) is 6.58. The van der Waals surface area contributed by atoms with Crippen LogP contribution in [0.3, 0.4) is 0 Å². The number of hydrogen-bond acceptors (Lipinski definition) is 6. The Morgan fingerprint density at radius 1 is 0.900 bits per heavy atom. The van der Waals surface area contributed by atoms with Crippen LogP contribution in [0.15, 0.2) is 60.7 Å². The first kappa shape index (κ1) is 29.3. The molecule has 1 aliphatic heterocycles. The molecule has 0 aromatic heterocycles. The van der Waals surface area contributed by atoms with E-state index in [0.29, 0.717) is 43.5 Å². The second-order valence-corrected chi connectivity index (χ2v) is 10.6. The molecule has 0 bridgehead atoms. The molecule has 1 amide bonds. The lowest BCUT2D eigenvalue weighted by Gasteiger charge is -2.37. The van der Waals surface area contributed by atoms with Gasteiger partial charge in [0.05, 0.1) is 34.5 Å². The van der Waals surface area contributed by atoms with Crippen LogP contribution >= 0.6 is 0 Å². The maximum absolute atomic E-state index is 13.1. The largest absolute Gasteiger partial charge is 0.493 e. The Balaban J connectivity index is 1.62. The van der Waals surface area contributed by atoms with Crippen LogP contribution in [-0.2, 0) is 24.2 Å². The molecule has 0 saturated carbocycles. The van der Waals surface area contributed by atoms with E-state index in [1.807, 2.05) is 42.5 Å². The van der Waals surface area contributed by atoms with Crippen LogP contribution in [0.1, 0.15) is 48.6 Å². The van der Waals surface area contributed by atoms with Gasteiger partial charge in [-0.05, 0) is 71.7 Å². The summed E-state index contributed by atoms with van der Waals surface area (Å²) in [4.78, 5) is 15.4. The van der Waals surface area contributed by atoms with Gasteiger partial charge in [-0.25, -0.2) is 0 Å². The minimum atomic E-state index is -0.0253. The van der Waals surface area contributed by atoms with E-state index in [0.717, 1.165) is 47.6 Å². The van der Waals surface area contributed by atoms with Gasteiger partial charge in [-0.1, -0.05) is 50.2 Å². The zero-order chi connectivity index (χ0) is 28.5. The predicted molar refractivity (Wildman–Crippen MR) is 158 cm³/mol. The highest BCUT2D eigenvalue weighted by Crippen LogP contribution is 2.40. The summed E-state index contributed by atoms with van der Waals surface area (Å²) in [6, 6.07) is 20.2. The van der Waals surface area contributed by atoms with Gasteiger partial charge >= 0.3 is 0 Å². The number of ether oxygens (including phenoxy) is 4. The van der Waals surface area contributed by atoms with Crippen molar-refractivity contribution in [2.75, 3.05) is 41.0 Å². The number of amides is 1. The quantitative estimate of drug-likeness (QED) is 0.301. The Bertz CT molecular complexity index is 1260. The third-order valence-corrected chi connectivity index (χ3v) is 7.40. The van der Waals surface area contributed by atoms with E-state index in [4.69, 9.17) is 18.9 Å². The van der Waals surface area contributed by atoms with Crippen molar-refractivity contribution in [3.05, 3.63) is 82.9 Å². The van der Waals surface area contributed by atoms with Gasteiger partial charge in [-0.2, -0.15) is 0 Å². The zero-order valence-corrected chi connectivity index (χ0v) is 24.4. The monoisotopic (exact) mass is 546 g/mol. The minimum absolute atomic E-state index is 0.00605. The van der Waals surface area contributed by atoms with Gasteiger partial charge in [-0.3, -0.25) is 9.69 Å². The summed E-state index contributed by atoms with van der Waals surface area (Å²) < 4.78 is 23.0. The van der Waals surface area contributed by atoms with Crippen molar-refractivity contribution in [3.63, 3.8) is 0 Å². The normalized spacial score (nSPS) is 14.9. The van der Waals surface area contributed by atoms with Gasteiger partial charge in [0.1, 0.15) is 0 Å². The number of nitrogens with one attached hydrogen (secondary N) is 1. The maximum atomic E-state index is 13.1. The molecule has 4 rings (SSSR count). The second kappa shape index (κ2) is 14.1. The van der Waals surface area contributed by atoms with Gasteiger partial charge in [0, 0.05) is 19.1 Å². The summed E-state index contributed by atoms with van der Waals surface area (Å²) in [5.74, 6) is 3.43. The Hall–Kier alpha value is -3.71. The molecule has 0 spiro atoms. The van der Waals surface area contributed by atoms with Crippen LogP contribution in [0.25, 0.3) is 0 Å². The first-order chi connectivity index (χ1) is 19.4. The van der Waals surface area contributed by atoms with Gasteiger partial charge in [0.15, 0.2) is 23.0 Å². The molecule has 7 nitrogen and oxygen atoms in total. The fourth-order valence-corrected chi connectivity index (χ4v) is 5.13. The molecule has 1 aliphatic rings. The summed E-state index contributed by atoms with van der Waals surface area (Å²) in [5, 5.41) is 3.09. The van der Waals surface area contributed by atoms with E-state index in [2.05, 4.69) is 42.3 Å². The van der Waals surface area contributed by atoms with Crippen molar-refractivity contribution in [3.8, 4) is 23.0 Å². The number of rotatable bonds is 13. The molecule has 7 heteroatoms. The molecule has 1 atom stereocenters. The number of fused-ring (bicyclic) bond motifs is 1. The van der Waals surface area contributed by atoms with E-state index >= 15 is 0 Å². The summed E-state index contributed by atoms with van der Waals surface area (Å²) >= 11 is 0. The molecule has 214 valence electrons. The first-order valence-corrected chi connectivity index (χ1v) is 14.0. The van der Waals surface area contributed by atoms with E-state index in [9.17, 15) is 4.79 Å². The average Bonchev–Trinajstić information content (AvgIpc) is 2.97. The number of nitrogens with zero attached hydrogens (tertiary/aromatic N) is 1. The average molecular weight is 547 g/mol. The van der Waals surface area contributed by atoms with Gasteiger partial charge in [0.25, 0.3) is 0 Å². The highest BCUT2D eigenvalue weighted by molar-refractivity contribution is 5.78. The summed E-state index contributed by atoms with van der Waals surface area (Å²) in [5.41, 5.74) is 4.57. The van der Waals surface area contributed by atoms with Crippen LogP contribution in [0.4, 0.5) is 0 Å². The Morgan fingerprint density at radius 2 is 1.62 bits per heavy atom. The number of benzene rings is 3. The fraction of sp³-hybridized carbons (Fsp3) is 0.424. The van der Waals surface area contributed by atoms with Crippen molar-refractivity contribution < 1.29 is 23.7 Å². The molecule has 0 saturated heterocycles. The highest BCUT2D eigenvalue weighted by atomic mass is 16.5.